The molecule has 1 aromatic heterocycles. The van der Waals surface area contributed by atoms with Gasteiger partial charge in [-0.1, -0.05) is 12.1 Å². The summed E-state index contributed by atoms with van der Waals surface area (Å²) in [6, 6.07) is 7.98. The van der Waals surface area contributed by atoms with Crippen LogP contribution in [0.3, 0.4) is 0 Å². The standard InChI is InChI=1S/C12H17N5S/c1-13-12(18)15-8-4-7-14-11-16-9-5-2-3-6-10(9)17-11/h2-3,5-6H,4,7-8H2,1H3,(H2,13,15,18)(H2,14,16,17). The van der Waals surface area contributed by atoms with Crippen LogP contribution >= 0.6 is 12.2 Å². The number of rotatable bonds is 5. The van der Waals surface area contributed by atoms with E-state index in [2.05, 4.69) is 25.9 Å². The van der Waals surface area contributed by atoms with E-state index in [0.717, 1.165) is 36.5 Å². The lowest BCUT2D eigenvalue weighted by Crippen LogP contribution is -2.33. The molecule has 0 saturated carbocycles. The van der Waals surface area contributed by atoms with Crippen LogP contribution in [0.2, 0.25) is 0 Å². The maximum atomic E-state index is 4.98. The molecule has 6 heteroatoms. The maximum absolute atomic E-state index is 4.98. The fourth-order valence-electron chi connectivity index (χ4n) is 1.62. The van der Waals surface area contributed by atoms with Crippen LogP contribution in [0, 0.1) is 0 Å². The van der Waals surface area contributed by atoms with Gasteiger partial charge in [-0.05, 0) is 30.8 Å². The van der Waals surface area contributed by atoms with Crippen molar-refractivity contribution < 1.29 is 0 Å². The smallest absolute Gasteiger partial charge is 0.201 e. The number of nitrogens with zero attached hydrogens (tertiary/aromatic N) is 1. The first kappa shape index (κ1) is 12.6. The molecule has 0 aliphatic rings. The number of hydrogen-bond acceptors (Lipinski definition) is 3. The van der Waals surface area contributed by atoms with Crippen molar-refractivity contribution in [3.05, 3.63) is 24.3 Å². The van der Waals surface area contributed by atoms with Gasteiger partial charge in [0.05, 0.1) is 11.0 Å². The van der Waals surface area contributed by atoms with Crippen LogP contribution in [0.25, 0.3) is 11.0 Å². The van der Waals surface area contributed by atoms with Crippen LogP contribution in [0.4, 0.5) is 5.95 Å². The predicted molar refractivity (Wildman–Crippen MR) is 78.9 cm³/mol. The fourth-order valence-corrected chi connectivity index (χ4v) is 1.72. The van der Waals surface area contributed by atoms with Gasteiger partial charge in [0.2, 0.25) is 5.95 Å². The molecular weight excluding hydrogens is 246 g/mol. The van der Waals surface area contributed by atoms with E-state index in [1.807, 2.05) is 31.3 Å². The molecule has 4 N–H and O–H groups in total. The summed E-state index contributed by atoms with van der Waals surface area (Å²) >= 11 is 4.98. The van der Waals surface area contributed by atoms with E-state index >= 15 is 0 Å². The van der Waals surface area contributed by atoms with Gasteiger partial charge in [-0.15, -0.1) is 0 Å². The second-order valence-corrected chi connectivity index (χ2v) is 4.30. The lowest BCUT2D eigenvalue weighted by Gasteiger charge is -2.06. The van der Waals surface area contributed by atoms with Gasteiger partial charge in [-0.3, -0.25) is 0 Å². The van der Waals surface area contributed by atoms with Gasteiger partial charge in [0.25, 0.3) is 0 Å². The third kappa shape index (κ3) is 3.33. The van der Waals surface area contributed by atoms with Crippen molar-refractivity contribution in [2.75, 3.05) is 25.5 Å². The third-order valence-electron chi connectivity index (χ3n) is 2.55. The Morgan fingerprint density at radius 3 is 2.94 bits per heavy atom. The number of nitrogens with one attached hydrogen (secondary N) is 4. The third-order valence-corrected chi connectivity index (χ3v) is 2.90. The zero-order valence-electron chi connectivity index (χ0n) is 10.3. The van der Waals surface area contributed by atoms with E-state index in [1.165, 1.54) is 0 Å². The molecule has 2 aromatic rings. The molecule has 0 fully saturated rings. The average Bonchev–Trinajstić information content (AvgIpc) is 2.80. The summed E-state index contributed by atoms with van der Waals surface area (Å²) in [5.74, 6) is 0.812. The van der Waals surface area contributed by atoms with Gasteiger partial charge < -0.3 is 20.9 Å². The summed E-state index contributed by atoms with van der Waals surface area (Å²) in [6.45, 7) is 1.69. The maximum Gasteiger partial charge on any atom is 0.201 e. The van der Waals surface area contributed by atoms with Crippen molar-refractivity contribution in [3.8, 4) is 0 Å². The predicted octanol–water partition coefficient (Wildman–Crippen LogP) is 1.46. The zero-order chi connectivity index (χ0) is 12.8. The lowest BCUT2D eigenvalue weighted by molar-refractivity contribution is 0.792. The van der Waals surface area contributed by atoms with Gasteiger partial charge in [-0.2, -0.15) is 0 Å². The Labute approximate surface area is 111 Å². The molecule has 0 bridgehead atoms. The van der Waals surface area contributed by atoms with E-state index in [1.54, 1.807) is 0 Å². The Morgan fingerprint density at radius 1 is 1.33 bits per heavy atom. The molecule has 0 amide bonds. The van der Waals surface area contributed by atoms with Crippen molar-refractivity contribution in [1.29, 1.82) is 0 Å². The van der Waals surface area contributed by atoms with Crippen LogP contribution in [0.1, 0.15) is 6.42 Å². The van der Waals surface area contributed by atoms with Gasteiger partial charge in [0, 0.05) is 20.1 Å². The normalized spacial score (nSPS) is 10.3. The van der Waals surface area contributed by atoms with Gasteiger partial charge in [0.15, 0.2) is 5.11 Å². The van der Waals surface area contributed by atoms with Crippen molar-refractivity contribution >= 4 is 34.3 Å². The SMILES string of the molecule is CNC(=S)NCCCNc1nc2ccccc2[nH]1. The van der Waals surface area contributed by atoms with Crippen molar-refractivity contribution in [2.24, 2.45) is 0 Å². The Kier molecular flexibility index (Phi) is 4.35. The highest BCUT2D eigenvalue weighted by molar-refractivity contribution is 7.80. The first-order valence-corrected chi connectivity index (χ1v) is 6.34. The molecule has 0 radical (unpaired) electrons. The average molecular weight is 263 g/mol. The minimum Gasteiger partial charge on any atom is -0.366 e. The molecule has 1 heterocycles. The molecule has 0 unspecified atom stereocenters. The molecule has 18 heavy (non-hydrogen) atoms. The highest BCUT2D eigenvalue weighted by atomic mass is 32.1. The van der Waals surface area contributed by atoms with Crippen molar-refractivity contribution in [3.63, 3.8) is 0 Å². The molecule has 0 aliphatic heterocycles. The summed E-state index contributed by atoms with van der Waals surface area (Å²) in [7, 11) is 1.81. The van der Waals surface area contributed by atoms with E-state index in [-0.39, 0.29) is 0 Å². The number of aromatic nitrogens is 2. The van der Waals surface area contributed by atoms with Crippen LogP contribution in [-0.2, 0) is 0 Å². The molecule has 0 atom stereocenters. The summed E-state index contributed by atoms with van der Waals surface area (Å²) < 4.78 is 0. The number of H-pyrrole nitrogens is 1. The van der Waals surface area contributed by atoms with E-state index in [4.69, 9.17) is 12.2 Å². The number of benzene rings is 1. The molecule has 1 aromatic carbocycles. The number of fused-ring (bicyclic) bond motifs is 1. The Hall–Kier alpha value is -1.82. The van der Waals surface area contributed by atoms with Crippen LogP contribution in [0.5, 0.6) is 0 Å². The molecule has 96 valence electrons. The van der Waals surface area contributed by atoms with Gasteiger partial charge >= 0.3 is 0 Å². The summed E-state index contributed by atoms with van der Waals surface area (Å²) in [5, 5.41) is 9.90. The fraction of sp³-hybridized carbons (Fsp3) is 0.333. The lowest BCUT2D eigenvalue weighted by atomic mass is 10.3. The topological polar surface area (TPSA) is 64.8 Å². The largest absolute Gasteiger partial charge is 0.366 e. The summed E-state index contributed by atoms with van der Waals surface area (Å²) in [4.78, 5) is 7.66. The number of anilines is 1. The van der Waals surface area contributed by atoms with E-state index in [0.29, 0.717) is 5.11 Å². The summed E-state index contributed by atoms with van der Waals surface area (Å²) in [6.07, 6.45) is 0.971. The summed E-state index contributed by atoms with van der Waals surface area (Å²) in [5.41, 5.74) is 2.03. The molecule has 2 rings (SSSR count). The first-order valence-electron chi connectivity index (χ1n) is 5.94. The second kappa shape index (κ2) is 6.20. The number of para-hydroxylation sites is 2. The molecule has 0 aliphatic carbocycles. The van der Waals surface area contributed by atoms with Gasteiger partial charge in [-0.25, -0.2) is 4.98 Å². The zero-order valence-corrected chi connectivity index (χ0v) is 11.1. The Balaban J connectivity index is 1.75. The Bertz CT molecular complexity index is 489. The number of thiocarbonyl (C=S) groups is 1. The highest BCUT2D eigenvalue weighted by Crippen LogP contribution is 2.12. The van der Waals surface area contributed by atoms with Crippen LogP contribution in [0.15, 0.2) is 24.3 Å². The quantitative estimate of drug-likeness (QED) is 0.486. The highest BCUT2D eigenvalue weighted by Gasteiger charge is 2.00. The minimum atomic E-state index is 0.679. The van der Waals surface area contributed by atoms with Crippen LogP contribution in [-0.4, -0.2) is 35.2 Å². The number of aromatic amines is 1. The van der Waals surface area contributed by atoms with Crippen molar-refractivity contribution in [1.82, 2.24) is 20.6 Å². The minimum absolute atomic E-state index is 0.679. The molecular formula is C12H17N5S. The van der Waals surface area contributed by atoms with Gasteiger partial charge in [0.1, 0.15) is 0 Å². The molecule has 0 spiro atoms. The number of imidazole rings is 1. The first-order chi connectivity index (χ1) is 8.79. The van der Waals surface area contributed by atoms with Crippen molar-refractivity contribution in [2.45, 2.75) is 6.42 Å². The van der Waals surface area contributed by atoms with E-state index in [9.17, 15) is 0 Å². The van der Waals surface area contributed by atoms with E-state index < -0.39 is 0 Å². The molecule has 0 saturated heterocycles. The molecule has 5 nitrogen and oxygen atoms in total. The second-order valence-electron chi connectivity index (χ2n) is 3.89. The monoisotopic (exact) mass is 263 g/mol. The Morgan fingerprint density at radius 2 is 2.17 bits per heavy atom. The number of hydrogen-bond donors (Lipinski definition) is 4. The van der Waals surface area contributed by atoms with Crippen LogP contribution < -0.4 is 16.0 Å².